The second kappa shape index (κ2) is 6.20. The van der Waals surface area contributed by atoms with Gasteiger partial charge >= 0.3 is 0 Å². The van der Waals surface area contributed by atoms with E-state index < -0.39 is 0 Å². The lowest BCUT2D eigenvalue weighted by molar-refractivity contribution is 0.295. The SMILES string of the molecule is Cc1cccc(CCC(N)C2CCCCC2)c1. The Hall–Kier alpha value is -0.820. The maximum absolute atomic E-state index is 6.33. The average Bonchev–Trinajstić information content (AvgIpc) is 2.37. The molecule has 17 heavy (non-hydrogen) atoms. The number of aryl methyl sites for hydroxylation is 2. The van der Waals surface area contributed by atoms with E-state index in [4.69, 9.17) is 5.73 Å². The lowest BCUT2D eigenvalue weighted by Crippen LogP contribution is -2.32. The average molecular weight is 231 g/mol. The third-order valence-electron chi connectivity index (χ3n) is 4.10. The standard InChI is InChI=1S/C16H25N/c1-13-6-5-7-14(12-13)10-11-16(17)15-8-3-2-4-9-15/h5-7,12,15-16H,2-4,8-11,17H2,1H3. The van der Waals surface area contributed by atoms with Gasteiger partial charge in [-0.15, -0.1) is 0 Å². The molecule has 1 atom stereocenters. The summed E-state index contributed by atoms with van der Waals surface area (Å²) in [5.41, 5.74) is 9.13. The van der Waals surface area contributed by atoms with Crippen LogP contribution < -0.4 is 5.73 Å². The zero-order chi connectivity index (χ0) is 12.1. The molecular weight excluding hydrogens is 206 g/mol. The minimum Gasteiger partial charge on any atom is -0.327 e. The zero-order valence-corrected chi connectivity index (χ0v) is 11.0. The highest BCUT2D eigenvalue weighted by Gasteiger charge is 2.19. The minimum absolute atomic E-state index is 0.413. The Kier molecular flexibility index (Phi) is 4.61. The molecule has 1 aromatic carbocycles. The summed E-state index contributed by atoms with van der Waals surface area (Å²) in [7, 11) is 0. The number of benzene rings is 1. The van der Waals surface area contributed by atoms with Crippen molar-refractivity contribution in [2.75, 3.05) is 0 Å². The molecule has 1 heteroatoms. The van der Waals surface area contributed by atoms with Crippen LogP contribution in [-0.4, -0.2) is 6.04 Å². The molecule has 1 nitrogen and oxygen atoms in total. The highest BCUT2D eigenvalue weighted by Crippen LogP contribution is 2.27. The molecule has 1 aliphatic rings. The maximum atomic E-state index is 6.33. The summed E-state index contributed by atoms with van der Waals surface area (Å²) in [5.74, 6) is 0.786. The van der Waals surface area contributed by atoms with Crippen molar-refractivity contribution in [2.24, 2.45) is 11.7 Å². The van der Waals surface area contributed by atoms with E-state index in [9.17, 15) is 0 Å². The Balaban J connectivity index is 1.80. The fourth-order valence-electron chi connectivity index (χ4n) is 3.00. The Morgan fingerprint density at radius 3 is 2.71 bits per heavy atom. The second-order valence-corrected chi connectivity index (χ2v) is 5.59. The van der Waals surface area contributed by atoms with E-state index in [0.717, 1.165) is 18.8 Å². The molecule has 0 aliphatic heterocycles. The summed E-state index contributed by atoms with van der Waals surface area (Å²) in [6.07, 6.45) is 9.20. The van der Waals surface area contributed by atoms with E-state index >= 15 is 0 Å². The molecule has 2 rings (SSSR count). The molecule has 1 saturated carbocycles. The van der Waals surface area contributed by atoms with Crippen LogP contribution in [0.3, 0.4) is 0 Å². The van der Waals surface area contributed by atoms with E-state index in [1.807, 2.05) is 0 Å². The minimum atomic E-state index is 0.413. The van der Waals surface area contributed by atoms with Gasteiger partial charge in [-0.05, 0) is 44.1 Å². The lowest BCUT2D eigenvalue weighted by atomic mass is 9.82. The van der Waals surface area contributed by atoms with Gasteiger partial charge in [0.15, 0.2) is 0 Å². The van der Waals surface area contributed by atoms with Crippen LogP contribution in [0.5, 0.6) is 0 Å². The van der Waals surface area contributed by atoms with Crippen LogP contribution in [0.15, 0.2) is 24.3 Å². The predicted molar refractivity (Wildman–Crippen MR) is 74.1 cm³/mol. The first-order chi connectivity index (χ1) is 8.25. The molecule has 1 aromatic rings. The fourth-order valence-corrected chi connectivity index (χ4v) is 3.00. The van der Waals surface area contributed by atoms with E-state index in [0.29, 0.717) is 6.04 Å². The third kappa shape index (κ3) is 3.85. The first kappa shape index (κ1) is 12.6. The molecule has 2 N–H and O–H groups in total. The first-order valence-corrected chi connectivity index (χ1v) is 7.07. The van der Waals surface area contributed by atoms with Crippen molar-refractivity contribution >= 4 is 0 Å². The van der Waals surface area contributed by atoms with Crippen LogP contribution in [0.25, 0.3) is 0 Å². The van der Waals surface area contributed by atoms with Gasteiger partial charge in [0.25, 0.3) is 0 Å². The molecule has 0 heterocycles. The van der Waals surface area contributed by atoms with Crippen LogP contribution in [0.4, 0.5) is 0 Å². The third-order valence-corrected chi connectivity index (χ3v) is 4.10. The van der Waals surface area contributed by atoms with Gasteiger partial charge in [0.05, 0.1) is 0 Å². The quantitative estimate of drug-likeness (QED) is 0.837. The Morgan fingerprint density at radius 2 is 2.00 bits per heavy atom. The second-order valence-electron chi connectivity index (χ2n) is 5.59. The molecule has 1 aliphatic carbocycles. The topological polar surface area (TPSA) is 26.0 Å². The van der Waals surface area contributed by atoms with E-state index in [1.54, 1.807) is 0 Å². The van der Waals surface area contributed by atoms with E-state index in [2.05, 4.69) is 31.2 Å². The largest absolute Gasteiger partial charge is 0.327 e. The van der Waals surface area contributed by atoms with E-state index in [-0.39, 0.29) is 0 Å². The summed E-state index contributed by atoms with van der Waals surface area (Å²) in [4.78, 5) is 0. The van der Waals surface area contributed by atoms with Crippen molar-refractivity contribution in [1.29, 1.82) is 0 Å². The monoisotopic (exact) mass is 231 g/mol. The Morgan fingerprint density at radius 1 is 1.24 bits per heavy atom. The summed E-state index contributed by atoms with van der Waals surface area (Å²) in [5, 5.41) is 0. The number of rotatable bonds is 4. The van der Waals surface area contributed by atoms with Crippen molar-refractivity contribution in [1.82, 2.24) is 0 Å². The normalized spacial score (nSPS) is 19.2. The molecule has 0 bridgehead atoms. The highest BCUT2D eigenvalue weighted by molar-refractivity contribution is 5.22. The Bertz CT molecular complexity index is 339. The van der Waals surface area contributed by atoms with E-state index in [1.165, 1.54) is 43.2 Å². The van der Waals surface area contributed by atoms with Gasteiger partial charge in [-0.25, -0.2) is 0 Å². The highest BCUT2D eigenvalue weighted by atomic mass is 14.6. The van der Waals surface area contributed by atoms with Gasteiger partial charge in [-0.3, -0.25) is 0 Å². The Labute approximate surface area is 105 Å². The zero-order valence-electron chi connectivity index (χ0n) is 11.0. The number of hydrogen-bond donors (Lipinski definition) is 1. The maximum Gasteiger partial charge on any atom is 0.00703 e. The molecule has 0 spiro atoms. The number of hydrogen-bond acceptors (Lipinski definition) is 1. The molecule has 1 unspecified atom stereocenters. The first-order valence-electron chi connectivity index (χ1n) is 7.07. The molecule has 94 valence electrons. The van der Waals surface area contributed by atoms with Crippen LogP contribution in [0.1, 0.15) is 49.7 Å². The van der Waals surface area contributed by atoms with Crippen LogP contribution in [-0.2, 0) is 6.42 Å². The van der Waals surface area contributed by atoms with Crippen molar-refractivity contribution in [3.05, 3.63) is 35.4 Å². The van der Waals surface area contributed by atoms with Gasteiger partial charge in [-0.2, -0.15) is 0 Å². The van der Waals surface area contributed by atoms with Crippen molar-refractivity contribution < 1.29 is 0 Å². The molecule has 0 amide bonds. The summed E-state index contributed by atoms with van der Waals surface area (Å²) < 4.78 is 0. The smallest absolute Gasteiger partial charge is 0.00703 e. The molecule has 1 fully saturated rings. The molecule has 0 saturated heterocycles. The van der Waals surface area contributed by atoms with Gasteiger partial charge in [-0.1, -0.05) is 49.1 Å². The van der Waals surface area contributed by atoms with Gasteiger partial charge in [0.1, 0.15) is 0 Å². The lowest BCUT2D eigenvalue weighted by Gasteiger charge is -2.27. The van der Waals surface area contributed by atoms with Crippen molar-refractivity contribution in [3.8, 4) is 0 Å². The molecule has 0 aromatic heterocycles. The van der Waals surface area contributed by atoms with Crippen molar-refractivity contribution in [3.63, 3.8) is 0 Å². The van der Waals surface area contributed by atoms with Gasteiger partial charge < -0.3 is 5.73 Å². The predicted octanol–water partition coefficient (Wildman–Crippen LogP) is 3.84. The number of nitrogens with two attached hydrogens (primary N) is 1. The fraction of sp³-hybridized carbons (Fsp3) is 0.625. The van der Waals surface area contributed by atoms with Crippen molar-refractivity contribution in [2.45, 2.75) is 57.9 Å². The van der Waals surface area contributed by atoms with Gasteiger partial charge in [0.2, 0.25) is 0 Å². The van der Waals surface area contributed by atoms with Crippen LogP contribution in [0.2, 0.25) is 0 Å². The van der Waals surface area contributed by atoms with Crippen LogP contribution in [0, 0.1) is 12.8 Å². The van der Waals surface area contributed by atoms with Crippen LogP contribution >= 0.6 is 0 Å². The van der Waals surface area contributed by atoms with Gasteiger partial charge in [0, 0.05) is 6.04 Å². The summed E-state index contributed by atoms with van der Waals surface area (Å²) >= 11 is 0. The molecular formula is C16H25N. The summed E-state index contributed by atoms with van der Waals surface area (Å²) in [6.45, 7) is 2.16. The summed E-state index contributed by atoms with van der Waals surface area (Å²) in [6, 6.07) is 9.23. The molecule has 0 radical (unpaired) electrons.